The number of carboxylic acids is 1. The Morgan fingerprint density at radius 2 is 1.95 bits per heavy atom. The largest absolute Gasteiger partial charge is 0.481 e. The van der Waals surface area contributed by atoms with Crippen LogP contribution in [0.15, 0.2) is 24.3 Å². The van der Waals surface area contributed by atoms with Crippen molar-refractivity contribution >= 4 is 5.97 Å². The molecule has 1 aliphatic carbocycles. The summed E-state index contributed by atoms with van der Waals surface area (Å²) in [6.45, 7) is 0. The molecule has 0 bridgehead atoms. The molecule has 19 heavy (non-hydrogen) atoms. The predicted molar refractivity (Wildman–Crippen MR) is 60.6 cm³/mol. The van der Waals surface area contributed by atoms with Crippen LogP contribution in [-0.4, -0.2) is 22.3 Å². The Bertz CT molecular complexity index is 498. The van der Waals surface area contributed by atoms with E-state index in [4.69, 9.17) is 0 Å². The first-order valence-corrected chi connectivity index (χ1v) is 5.85. The van der Waals surface area contributed by atoms with E-state index in [0.29, 0.717) is 0 Å². The lowest BCUT2D eigenvalue weighted by atomic mass is 9.76. The third-order valence-electron chi connectivity index (χ3n) is 3.65. The number of carboxylic acid groups (broad SMARTS) is 1. The van der Waals surface area contributed by atoms with Crippen molar-refractivity contribution in [2.45, 2.75) is 37.0 Å². The molecule has 104 valence electrons. The molecular weight excluding hydrogens is 261 g/mol. The van der Waals surface area contributed by atoms with Crippen LogP contribution in [0, 0.1) is 0 Å². The van der Waals surface area contributed by atoms with Crippen LogP contribution in [0.25, 0.3) is 0 Å². The van der Waals surface area contributed by atoms with Gasteiger partial charge in [-0.05, 0) is 30.9 Å². The van der Waals surface area contributed by atoms with Crippen molar-refractivity contribution in [3.63, 3.8) is 0 Å². The molecule has 2 unspecified atom stereocenters. The standard InChI is InChI=1S/C13H13F3O3/c14-13(15,16)10-4-2-1-3-9(10)12(11(18)19)6-5-8(17)7-12/h1-4,8,17H,5-7H2,(H,18,19). The number of alkyl halides is 3. The average molecular weight is 274 g/mol. The normalized spacial score (nSPS) is 27.5. The van der Waals surface area contributed by atoms with Crippen LogP contribution in [0.5, 0.6) is 0 Å². The molecule has 1 aromatic carbocycles. The molecule has 0 aliphatic heterocycles. The molecule has 0 aromatic heterocycles. The summed E-state index contributed by atoms with van der Waals surface area (Å²) in [7, 11) is 0. The Morgan fingerprint density at radius 1 is 1.32 bits per heavy atom. The van der Waals surface area contributed by atoms with E-state index in [1.165, 1.54) is 18.2 Å². The van der Waals surface area contributed by atoms with Crippen LogP contribution in [0.3, 0.4) is 0 Å². The van der Waals surface area contributed by atoms with Crippen molar-refractivity contribution in [2.75, 3.05) is 0 Å². The van der Waals surface area contributed by atoms with Gasteiger partial charge in [0, 0.05) is 0 Å². The monoisotopic (exact) mass is 274 g/mol. The maximum Gasteiger partial charge on any atom is 0.416 e. The lowest BCUT2D eigenvalue weighted by molar-refractivity contribution is -0.146. The lowest BCUT2D eigenvalue weighted by Crippen LogP contribution is -2.35. The number of aliphatic carboxylic acids is 1. The van der Waals surface area contributed by atoms with Crippen LogP contribution in [-0.2, 0) is 16.4 Å². The maximum absolute atomic E-state index is 13.0. The molecule has 2 N–H and O–H groups in total. The second-order valence-electron chi connectivity index (χ2n) is 4.83. The van der Waals surface area contributed by atoms with Crippen molar-refractivity contribution in [3.05, 3.63) is 35.4 Å². The van der Waals surface area contributed by atoms with Crippen molar-refractivity contribution in [3.8, 4) is 0 Å². The SMILES string of the molecule is O=C(O)C1(c2ccccc2C(F)(F)F)CCC(O)C1. The van der Waals surface area contributed by atoms with Crippen LogP contribution >= 0.6 is 0 Å². The van der Waals surface area contributed by atoms with Gasteiger partial charge in [0.25, 0.3) is 0 Å². The summed E-state index contributed by atoms with van der Waals surface area (Å²) in [6, 6.07) is 4.69. The Labute approximate surface area is 107 Å². The minimum absolute atomic E-state index is 0.0105. The molecule has 1 aromatic rings. The quantitative estimate of drug-likeness (QED) is 0.871. The topological polar surface area (TPSA) is 57.5 Å². The molecule has 1 saturated carbocycles. The second kappa shape index (κ2) is 4.52. The summed E-state index contributed by atoms with van der Waals surface area (Å²) >= 11 is 0. The molecule has 0 saturated heterocycles. The van der Waals surface area contributed by atoms with Crippen LogP contribution in [0.2, 0.25) is 0 Å². The number of aliphatic hydroxyl groups excluding tert-OH is 1. The number of hydrogen-bond acceptors (Lipinski definition) is 2. The number of benzene rings is 1. The van der Waals surface area contributed by atoms with Gasteiger partial charge in [-0.1, -0.05) is 18.2 Å². The first-order chi connectivity index (χ1) is 8.77. The Kier molecular flexibility index (Phi) is 3.30. The molecular formula is C13H13F3O3. The van der Waals surface area contributed by atoms with Gasteiger partial charge in [0.15, 0.2) is 0 Å². The minimum atomic E-state index is -4.60. The highest BCUT2D eigenvalue weighted by Gasteiger charge is 2.50. The van der Waals surface area contributed by atoms with Gasteiger partial charge in [-0.25, -0.2) is 0 Å². The highest BCUT2D eigenvalue weighted by Crippen LogP contribution is 2.46. The zero-order valence-corrected chi connectivity index (χ0v) is 9.94. The highest BCUT2D eigenvalue weighted by atomic mass is 19.4. The van der Waals surface area contributed by atoms with E-state index in [2.05, 4.69) is 0 Å². The van der Waals surface area contributed by atoms with Crippen molar-refractivity contribution < 1.29 is 28.2 Å². The van der Waals surface area contributed by atoms with E-state index < -0.39 is 29.2 Å². The van der Waals surface area contributed by atoms with Crippen molar-refractivity contribution in [1.29, 1.82) is 0 Å². The second-order valence-corrected chi connectivity index (χ2v) is 4.83. The number of hydrogen-bond donors (Lipinski definition) is 2. The van der Waals surface area contributed by atoms with Gasteiger partial charge in [-0.15, -0.1) is 0 Å². The van der Waals surface area contributed by atoms with Crippen LogP contribution < -0.4 is 0 Å². The summed E-state index contributed by atoms with van der Waals surface area (Å²) in [5.41, 5.74) is -2.84. The van der Waals surface area contributed by atoms with E-state index in [-0.39, 0.29) is 24.8 Å². The number of halogens is 3. The van der Waals surface area contributed by atoms with E-state index in [1.54, 1.807) is 0 Å². The van der Waals surface area contributed by atoms with E-state index in [9.17, 15) is 28.2 Å². The fourth-order valence-corrected chi connectivity index (χ4v) is 2.72. The third kappa shape index (κ3) is 2.32. The molecule has 1 aliphatic rings. The van der Waals surface area contributed by atoms with Gasteiger partial charge in [-0.2, -0.15) is 13.2 Å². The van der Waals surface area contributed by atoms with Crippen molar-refractivity contribution in [2.24, 2.45) is 0 Å². The fourth-order valence-electron chi connectivity index (χ4n) is 2.72. The Balaban J connectivity index is 2.59. The summed E-state index contributed by atoms with van der Waals surface area (Å²) in [4.78, 5) is 11.5. The molecule has 6 heteroatoms. The molecule has 0 spiro atoms. The average Bonchev–Trinajstić information content (AvgIpc) is 2.72. The van der Waals surface area contributed by atoms with E-state index >= 15 is 0 Å². The molecule has 2 rings (SSSR count). The summed E-state index contributed by atoms with van der Waals surface area (Å²) in [5.74, 6) is -1.32. The number of aliphatic hydroxyl groups is 1. The molecule has 3 nitrogen and oxygen atoms in total. The van der Waals surface area contributed by atoms with E-state index in [0.717, 1.165) is 6.07 Å². The predicted octanol–water partition coefficient (Wildman–Crippen LogP) is 2.57. The smallest absolute Gasteiger partial charge is 0.416 e. The summed E-state index contributed by atoms with van der Waals surface area (Å²) in [5, 5.41) is 18.9. The third-order valence-corrected chi connectivity index (χ3v) is 3.65. The number of rotatable bonds is 2. The highest BCUT2D eigenvalue weighted by molar-refractivity contribution is 5.82. The molecule has 0 amide bonds. The molecule has 0 radical (unpaired) electrons. The van der Waals surface area contributed by atoms with Gasteiger partial charge in [-0.3, -0.25) is 4.79 Å². The maximum atomic E-state index is 13.0. The zero-order chi connectivity index (χ0) is 14.3. The molecule has 2 atom stereocenters. The van der Waals surface area contributed by atoms with E-state index in [1.807, 2.05) is 0 Å². The Morgan fingerprint density at radius 3 is 2.42 bits per heavy atom. The summed E-state index contributed by atoms with van der Waals surface area (Å²) < 4.78 is 38.9. The number of carbonyl (C=O) groups is 1. The summed E-state index contributed by atoms with van der Waals surface area (Å²) in [6.07, 6.45) is -5.46. The van der Waals surface area contributed by atoms with Gasteiger partial charge in [0.2, 0.25) is 0 Å². The lowest BCUT2D eigenvalue weighted by Gasteiger charge is -2.27. The molecule has 0 heterocycles. The van der Waals surface area contributed by atoms with Crippen LogP contribution in [0.1, 0.15) is 30.4 Å². The van der Waals surface area contributed by atoms with Gasteiger partial charge < -0.3 is 10.2 Å². The van der Waals surface area contributed by atoms with Crippen molar-refractivity contribution in [1.82, 2.24) is 0 Å². The fraction of sp³-hybridized carbons (Fsp3) is 0.462. The van der Waals surface area contributed by atoms with Gasteiger partial charge >= 0.3 is 12.1 Å². The molecule has 1 fully saturated rings. The zero-order valence-electron chi connectivity index (χ0n) is 9.94. The van der Waals surface area contributed by atoms with Crippen LogP contribution in [0.4, 0.5) is 13.2 Å². The first-order valence-electron chi connectivity index (χ1n) is 5.85. The Hall–Kier alpha value is -1.56. The minimum Gasteiger partial charge on any atom is -0.481 e. The van der Waals surface area contributed by atoms with Gasteiger partial charge in [0.1, 0.15) is 0 Å². The van der Waals surface area contributed by atoms with Gasteiger partial charge in [0.05, 0.1) is 17.1 Å². The first kappa shape index (κ1) is 13.9.